The Morgan fingerprint density at radius 3 is 2.38 bits per heavy atom. The number of carboxylic acids is 1. The molecule has 32 heavy (non-hydrogen) atoms. The normalized spacial score (nSPS) is 15.5. The van der Waals surface area contributed by atoms with Crippen LogP contribution in [0.3, 0.4) is 0 Å². The Hall–Kier alpha value is -2.83. The van der Waals surface area contributed by atoms with Crippen LogP contribution < -0.4 is 4.90 Å². The summed E-state index contributed by atoms with van der Waals surface area (Å²) in [4.78, 5) is 26.9. The molecule has 4 rings (SSSR count). The molecule has 0 spiro atoms. The predicted octanol–water partition coefficient (Wildman–Crippen LogP) is 5.76. The molecule has 166 valence electrons. The lowest BCUT2D eigenvalue weighted by Crippen LogP contribution is -2.31. The first-order valence-electron chi connectivity index (χ1n) is 10.3. The molecule has 6 nitrogen and oxygen atoms in total. The third-order valence-corrected chi connectivity index (χ3v) is 6.24. The predicted molar refractivity (Wildman–Crippen MR) is 125 cm³/mol. The van der Waals surface area contributed by atoms with E-state index in [0.29, 0.717) is 15.7 Å². The van der Waals surface area contributed by atoms with Crippen LogP contribution in [-0.4, -0.2) is 26.8 Å². The second-order valence-electron chi connectivity index (χ2n) is 8.36. The number of carbonyl (C=O) groups excluding carboxylic acids is 1. The number of rotatable bonds is 5. The molecular formula is C24H23Cl2N3O3. The van der Waals surface area contributed by atoms with Gasteiger partial charge in [0.15, 0.2) is 5.69 Å². The van der Waals surface area contributed by atoms with E-state index in [1.54, 1.807) is 23.1 Å². The molecule has 3 aromatic rings. The summed E-state index contributed by atoms with van der Waals surface area (Å²) in [7, 11) is 0. The first-order valence-corrected chi connectivity index (χ1v) is 11.0. The zero-order chi connectivity index (χ0) is 23.3. The van der Waals surface area contributed by atoms with E-state index >= 15 is 0 Å². The molecule has 1 aliphatic heterocycles. The van der Waals surface area contributed by atoms with Gasteiger partial charge in [-0.15, -0.1) is 0 Å². The average Bonchev–Trinajstić information content (AvgIpc) is 3.18. The quantitative estimate of drug-likeness (QED) is 0.512. The number of carboxylic acid groups (broad SMARTS) is 1. The van der Waals surface area contributed by atoms with Crippen LogP contribution in [0.25, 0.3) is 0 Å². The number of aromatic nitrogens is 2. The molecule has 2 heterocycles. The number of benzene rings is 2. The fourth-order valence-corrected chi connectivity index (χ4v) is 4.86. The zero-order valence-corrected chi connectivity index (χ0v) is 19.7. The number of hydrogen-bond donors (Lipinski definition) is 1. The number of amides is 1. The number of anilines is 1. The van der Waals surface area contributed by atoms with Crippen molar-refractivity contribution in [1.29, 1.82) is 0 Å². The van der Waals surface area contributed by atoms with Gasteiger partial charge >= 0.3 is 5.97 Å². The second-order valence-corrected chi connectivity index (χ2v) is 9.24. The number of hydrogen-bond acceptors (Lipinski definition) is 3. The summed E-state index contributed by atoms with van der Waals surface area (Å²) in [5, 5.41) is 15.0. The van der Waals surface area contributed by atoms with E-state index < -0.39 is 12.0 Å². The summed E-state index contributed by atoms with van der Waals surface area (Å²) >= 11 is 12.5. The zero-order valence-electron chi connectivity index (χ0n) is 18.2. The van der Waals surface area contributed by atoms with Crippen molar-refractivity contribution in [2.45, 2.75) is 46.2 Å². The largest absolute Gasteiger partial charge is 0.480 e. The maximum absolute atomic E-state index is 13.7. The summed E-state index contributed by atoms with van der Waals surface area (Å²) < 4.78 is 1.44. The number of carbonyl (C=O) groups is 2. The molecule has 2 aromatic carbocycles. The Labute approximate surface area is 196 Å². The van der Waals surface area contributed by atoms with Crippen molar-refractivity contribution in [3.63, 3.8) is 0 Å². The number of nitrogens with zero attached hydrogens (tertiary/aromatic N) is 3. The molecule has 1 aliphatic rings. The van der Waals surface area contributed by atoms with Gasteiger partial charge in [-0.25, -0.2) is 0 Å². The minimum absolute atomic E-state index is 0.0473. The van der Waals surface area contributed by atoms with Gasteiger partial charge in [-0.1, -0.05) is 49.2 Å². The van der Waals surface area contributed by atoms with Crippen LogP contribution in [0.2, 0.25) is 10.0 Å². The van der Waals surface area contributed by atoms with Gasteiger partial charge in [-0.05, 0) is 60.7 Å². The van der Waals surface area contributed by atoms with Gasteiger partial charge in [-0.2, -0.15) is 5.10 Å². The van der Waals surface area contributed by atoms with Crippen molar-refractivity contribution < 1.29 is 14.7 Å². The highest BCUT2D eigenvalue weighted by Crippen LogP contribution is 2.47. The lowest BCUT2D eigenvalue weighted by Gasteiger charge is -2.30. The average molecular weight is 472 g/mol. The van der Waals surface area contributed by atoms with E-state index in [9.17, 15) is 14.7 Å². The third kappa shape index (κ3) is 3.67. The van der Waals surface area contributed by atoms with E-state index in [1.165, 1.54) is 4.68 Å². The molecule has 1 aromatic heterocycles. The molecule has 1 N–H and O–H groups in total. The minimum atomic E-state index is -1.01. The highest BCUT2D eigenvalue weighted by Gasteiger charge is 2.45. The van der Waals surface area contributed by atoms with Gasteiger partial charge in [0.25, 0.3) is 5.91 Å². The van der Waals surface area contributed by atoms with Gasteiger partial charge in [0.1, 0.15) is 6.54 Å². The van der Waals surface area contributed by atoms with Gasteiger partial charge in [0.05, 0.1) is 6.04 Å². The maximum Gasteiger partial charge on any atom is 0.325 e. The van der Waals surface area contributed by atoms with Crippen molar-refractivity contribution in [3.05, 3.63) is 80.1 Å². The molecule has 0 fully saturated rings. The van der Waals surface area contributed by atoms with Crippen LogP contribution >= 0.6 is 23.2 Å². The molecule has 8 heteroatoms. The molecule has 1 amide bonds. The Kier molecular flexibility index (Phi) is 5.77. The first-order chi connectivity index (χ1) is 15.1. The van der Waals surface area contributed by atoms with Crippen LogP contribution in [-0.2, 0) is 11.3 Å². The molecule has 0 aliphatic carbocycles. The van der Waals surface area contributed by atoms with E-state index in [2.05, 4.69) is 5.10 Å². The number of aryl methyl sites for hydroxylation is 2. The lowest BCUT2D eigenvalue weighted by atomic mass is 9.91. The lowest BCUT2D eigenvalue weighted by molar-refractivity contribution is -0.137. The number of aliphatic carboxylic acids is 1. The summed E-state index contributed by atoms with van der Waals surface area (Å²) in [5.74, 6) is -1.34. The topological polar surface area (TPSA) is 75.4 Å². The van der Waals surface area contributed by atoms with Crippen molar-refractivity contribution in [2.75, 3.05) is 4.90 Å². The molecule has 1 unspecified atom stereocenters. The highest BCUT2D eigenvalue weighted by molar-refractivity contribution is 6.31. The SMILES string of the molecule is Cc1cc(Cl)ccc1C1c2c(nn(CC(=O)O)c2C(C)C)C(=O)N1c1cc(Cl)ccc1C. The van der Waals surface area contributed by atoms with E-state index in [1.807, 2.05) is 45.9 Å². The fraction of sp³-hybridized carbons (Fsp3) is 0.292. The monoisotopic (exact) mass is 471 g/mol. The molecule has 0 saturated carbocycles. The molecule has 1 atom stereocenters. The second kappa shape index (κ2) is 8.26. The Morgan fingerprint density at radius 2 is 1.75 bits per heavy atom. The van der Waals surface area contributed by atoms with Crippen molar-refractivity contribution in [2.24, 2.45) is 0 Å². The summed E-state index contributed by atoms with van der Waals surface area (Å²) in [5.41, 5.74) is 5.15. The minimum Gasteiger partial charge on any atom is -0.480 e. The fourth-order valence-electron chi connectivity index (χ4n) is 4.47. The Bertz CT molecular complexity index is 1250. The molecular weight excluding hydrogens is 449 g/mol. The van der Waals surface area contributed by atoms with Gasteiger partial charge in [-0.3, -0.25) is 19.2 Å². The van der Waals surface area contributed by atoms with Crippen LogP contribution in [0.4, 0.5) is 5.69 Å². The Morgan fingerprint density at radius 1 is 1.09 bits per heavy atom. The van der Waals surface area contributed by atoms with E-state index in [0.717, 1.165) is 27.9 Å². The number of fused-ring (bicyclic) bond motifs is 1. The molecule has 0 saturated heterocycles. The maximum atomic E-state index is 13.7. The van der Waals surface area contributed by atoms with Crippen LogP contribution in [0, 0.1) is 13.8 Å². The first kappa shape index (κ1) is 22.4. The summed E-state index contributed by atoms with van der Waals surface area (Å²) in [6.07, 6.45) is 0. The summed E-state index contributed by atoms with van der Waals surface area (Å²) in [6, 6.07) is 10.5. The van der Waals surface area contributed by atoms with Crippen LogP contribution in [0.5, 0.6) is 0 Å². The summed E-state index contributed by atoms with van der Waals surface area (Å²) in [6.45, 7) is 7.51. The van der Waals surface area contributed by atoms with Gasteiger partial charge in [0, 0.05) is 27.0 Å². The molecule has 0 bridgehead atoms. The highest BCUT2D eigenvalue weighted by atomic mass is 35.5. The third-order valence-electron chi connectivity index (χ3n) is 5.77. The van der Waals surface area contributed by atoms with Crippen LogP contribution in [0.15, 0.2) is 36.4 Å². The smallest absolute Gasteiger partial charge is 0.325 e. The van der Waals surface area contributed by atoms with Crippen molar-refractivity contribution in [3.8, 4) is 0 Å². The van der Waals surface area contributed by atoms with Crippen LogP contribution in [0.1, 0.15) is 64.2 Å². The van der Waals surface area contributed by atoms with Crippen molar-refractivity contribution in [1.82, 2.24) is 9.78 Å². The Balaban J connectivity index is 2.03. The van der Waals surface area contributed by atoms with E-state index in [-0.39, 0.29) is 24.1 Å². The van der Waals surface area contributed by atoms with Gasteiger partial charge in [0.2, 0.25) is 0 Å². The standard InChI is InChI=1S/C24H23Cl2N3O3/c1-12(2)22-20-21(27-28(22)11-19(30)31)24(32)29(18-10-16(26)6-5-13(18)3)23(20)17-8-7-15(25)9-14(17)4/h5-10,12,23H,11H2,1-4H3,(H,30,31). The molecule has 0 radical (unpaired) electrons. The van der Waals surface area contributed by atoms with E-state index in [4.69, 9.17) is 23.2 Å². The number of halogens is 2. The van der Waals surface area contributed by atoms with Crippen molar-refractivity contribution >= 4 is 40.8 Å². The van der Waals surface area contributed by atoms with Gasteiger partial charge < -0.3 is 5.11 Å².